The average Bonchev–Trinajstić information content (AvgIpc) is 3.45. The number of methoxy groups -OCH3 is 1. The van der Waals surface area contributed by atoms with Gasteiger partial charge < -0.3 is 14.4 Å². The van der Waals surface area contributed by atoms with Gasteiger partial charge in [0.15, 0.2) is 0 Å². The first kappa shape index (κ1) is 34.6. The van der Waals surface area contributed by atoms with E-state index in [0.29, 0.717) is 38.0 Å². The minimum absolute atomic E-state index is 0.0200. The van der Waals surface area contributed by atoms with Crippen LogP contribution >= 0.6 is 0 Å². The molecule has 13 heteroatoms. The summed E-state index contributed by atoms with van der Waals surface area (Å²) < 4.78 is 74.7. The van der Waals surface area contributed by atoms with Crippen molar-refractivity contribution in [3.05, 3.63) is 59.2 Å². The number of hydrogen-bond donors (Lipinski definition) is 2. The number of rotatable bonds is 10. The van der Waals surface area contributed by atoms with Crippen LogP contribution in [-0.2, 0) is 26.7 Å². The van der Waals surface area contributed by atoms with Crippen LogP contribution < -0.4 is 14.2 Å². The van der Waals surface area contributed by atoms with Gasteiger partial charge in [0.05, 0.1) is 25.2 Å². The first-order valence-electron chi connectivity index (χ1n) is 15.1. The molecule has 248 valence electrons. The number of nitrogens with one attached hydrogen (secondary N) is 1. The highest BCUT2D eigenvalue weighted by Crippen LogP contribution is 2.41. The van der Waals surface area contributed by atoms with Gasteiger partial charge in [0.1, 0.15) is 11.5 Å². The van der Waals surface area contributed by atoms with E-state index in [4.69, 9.17) is 9.47 Å². The van der Waals surface area contributed by atoms with Crippen LogP contribution in [0.5, 0.6) is 11.5 Å². The van der Waals surface area contributed by atoms with Gasteiger partial charge >= 0.3 is 6.18 Å². The molecule has 9 nitrogen and oxygen atoms in total. The molecule has 0 aromatic heterocycles. The van der Waals surface area contributed by atoms with Crippen molar-refractivity contribution < 1.29 is 40.7 Å². The van der Waals surface area contributed by atoms with Gasteiger partial charge in [0, 0.05) is 44.1 Å². The molecule has 2 aliphatic rings. The van der Waals surface area contributed by atoms with Crippen LogP contribution in [0.15, 0.2) is 42.5 Å². The van der Waals surface area contributed by atoms with E-state index in [1.165, 1.54) is 6.07 Å². The fourth-order valence-corrected chi connectivity index (χ4v) is 6.50. The smallest absolute Gasteiger partial charge is 0.416 e. The van der Waals surface area contributed by atoms with Crippen LogP contribution in [0.3, 0.4) is 0 Å². The largest absolute Gasteiger partial charge is 0.497 e. The van der Waals surface area contributed by atoms with Crippen LogP contribution in [0.25, 0.3) is 0 Å². The van der Waals surface area contributed by atoms with Crippen LogP contribution in [0.2, 0.25) is 0 Å². The fourth-order valence-electron chi connectivity index (χ4n) is 6.18. The van der Waals surface area contributed by atoms with E-state index in [1.54, 1.807) is 11.8 Å². The maximum absolute atomic E-state index is 14.0. The predicted octanol–water partition coefficient (Wildman–Crippen LogP) is 4.74. The summed E-state index contributed by atoms with van der Waals surface area (Å²) in [6, 6.07) is 11.3. The summed E-state index contributed by atoms with van der Waals surface area (Å²) in [6.45, 7) is 8.70. The maximum atomic E-state index is 14.0. The van der Waals surface area contributed by atoms with Gasteiger partial charge in [0.2, 0.25) is 22.7 Å². The number of alkyl halides is 3. The number of amides is 2. The Kier molecular flexibility index (Phi) is 11.1. The molecule has 2 fully saturated rings. The number of hydrogen-bond acceptors (Lipinski definition) is 7. The molecule has 0 unspecified atom stereocenters. The second-order valence-corrected chi connectivity index (χ2v) is 13.4. The molecule has 0 aliphatic carbocycles. The first-order chi connectivity index (χ1) is 21.2. The highest BCUT2D eigenvalue weighted by Gasteiger charge is 2.44. The number of halogens is 3. The zero-order valence-corrected chi connectivity index (χ0v) is 27.0. The first-order valence-corrected chi connectivity index (χ1v) is 16.3. The summed E-state index contributed by atoms with van der Waals surface area (Å²) in [5.41, 5.74) is 0.758. The van der Waals surface area contributed by atoms with Gasteiger partial charge in [-0.05, 0) is 81.3 Å². The molecule has 2 heterocycles. The third kappa shape index (κ3) is 8.90. The summed E-state index contributed by atoms with van der Waals surface area (Å²) >= 11 is 0. The number of carbonyl (C=O) groups excluding carboxylic acids is 2. The van der Waals surface area contributed by atoms with Gasteiger partial charge in [-0.3, -0.25) is 19.2 Å². The lowest BCUT2D eigenvalue weighted by atomic mass is 9.85. The van der Waals surface area contributed by atoms with Crippen molar-refractivity contribution in [3.63, 3.8) is 0 Å². The molecule has 2 aromatic rings. The van der Waals surface area contributed by atoms with Crippen LogP contribution in [0, 0.1) is 5.92 Å². The Labute approximate surface area is 264 Å². The summed E-state index contributed by atoms with van der Waals surface area (Å²) in [7, 11) is -1.46. The van der Waals surface area contributed by atoms with Crippen molar-refractivity contribution in [1.29, 1.82) is 0 Å². The number of carbonyl (C=O) groups is 2. The zero-order chi connectivity index (χ0) is 32.9. The predicted molar refractivity (Wildman–Crippen MR) is 164 cm³/mol. The fraction of sp³-hybridized carbons (Fsp3) is 0.562. The Balaban J connectivity index is 1.45. The number of nitrogens with zero attached hydrogens (tertiary/aromatic N) is 2. The summed E-state index contributed by atoms with van der Waals surface area (Å²) in [4.78, 5) is 29.8. The SMILES string of the molecule is COc1ccc([C@@H]2CN(C(C)(C)C)C[C@H]2C(=O)N2CCC(c3ccc(C(F)(F)F)cc3OCCCC(=O)N[SH](=O)=O)CC2)cc1. The van der Waals surface area contributed by atoms with E-state index >= 15 is 0 Å². The third-order valence-corrected chi connectivity index (χ3v) is 9.17. The molecule has 2 atom stereocenters. The monoisotopic (exact) mass is 653 g/mol. The van der Waals surface area contributed by atoms with E-state index in [0.717, 1.165) is 30.0 Å². The van der Waals surface area contributed by atoms with Crippen molar-refractivity contribution in [2.45, 2.75) is 70.0 Å². The number of likely N-dealkylation sites (tertiary alicyclic amines) is 2. The van der Waals surface area contributed by atoms with Crippen molar-refractivity contribution in [1.82, 2.24) is 14.5 Å². The molecule has 0 saturated carbocycles. The Hall–Kier alpha value is -3.32. The average molecular weight is 654 g/mol. The Bertz CT molecular complexity index is 1410. The molecule has 0 bridgehead atoms. The number of thiol groups is 1. The lowest BCUT2D eigenvalue weighted by Crippen LogP contribution is -2.44. The molecule has 1 N–H and O–H groups in total. The molecule has 0 radical (unpaired) electrons. The van der Waals surface area contributed by atoms with Gasteiger partial charge in [-0.25, -0.2) is 8.42 Å². The van der Waals surface area contributed by atoms with Crippen molar-refractivity contribution in [2.24, 2.45) is 5.92 Å². The standard InChI is InChI=1S/C32H42F3N3O6S/c1-31(2,3)38-19-26(21-7-10-24(43-4)11-8-21)27(20-38)30(40)37-15-13-22(14-16-37)25-12-9-23(32(33,34)35)18-28(25)44-17-5-6-29(39)36-45(41)42/h7-12,18,22,26-27,45H,5-6,13-17,19-20H2,1-4H3,(H,36,39,41,42)/t26-,27+/m0/s1. The van der Waals surface area contributed by atoms with Crippen molar-refractivity contribution in [2.75, 3.05) is 39.9 Å². The summed E-state index contributed by atoms with van der Waals surface area (Å²) in [6.07, 6.45) is -3.46. The van der Waals surface area contributed by atoms with E-state index in [9.17, 15) is 31.2 Å². The van der Waals surface area contributed by atoms with Crippen LogP contribution in [0.4, 0.5) is 13.2 Å². The Morgan fingerprint density at radius 2 is 1.67 bits per heavy atom. The van der Waals surface area contributed by atoms with E-state index in [1.807, 2.05) is 29.2 Å². The number of benzene rings is 2. The maximum Gasteiger partial charge on any atom is 0.416 e. The zero-order valence-electron chi connectivity index (χ0n) is 26.1. The number of ether oxygens (including phenoxy) is 2. The molecular weight excluding hydrogens is 611 g/mol. The Morgan fingerprint density at radius 3 is 2.24 bits per heavy atom. The molecule has 2 aromatic carbocycles. The van der Waals surface area contributed by atoms with E-state index in [-0.39, 0.29) is 54.4 Å². The highest BCUT2D eigenvalue weighted by molar-refractivity contribution is 7.71. The number of piperidine rings is 1. The second-order valence-electron chi connectivity index (χ2n) is 12.7. The quantitative estimate of drug-likeness (QED) is 0.282. The lowest BCUT2D eigenvalue weighted by Gasteiger charge is -2.35. The third-order valence-electron chi connectivity index (χ3n) is 8.74. The van der Waals surface area contributed by atoms with Crippen molar-refractivity contribution in [3.8, 4) is 11.5 Å². The molecule has 2 amide bonds. The highest BCUT2D eigenvalue weighted by atomic mass is 32.2. The Morgan fingerprint density at radius 1 is 1.00 bits per heavy atom. The molecule has 4 rings (SSSR count). The summed E-state index contributed by atoms with van der Waals surface area (Å²) in [5.74, 6) is -0.111. The van der Waals surface area contributed by atoms with Gasteiger partial charge in [0.25, 0.3) is 0 Å². The molecule has 0 spiro atoms. The van der Waals surface area contributed by atoms with Crippen LogP contribution in [0.1, 0.15) is 75.0 Å². The summed E-state index contributed by atoms with van der Waals surface area (Å²) in [5, 5.41) is 0. The molecular formula is C32H42F3N3O6S. The molecule has 45 heavy (non-hydrogen) atoms. The van der Waals surface area contributed by atoms with Gasteiger partial charge in [-0.1, -0.05) is 18.2 Å². The van der Waals surface area contributed by atoms with E-state index < -0.39 is 28.5 Å². The molecule has 2 saturated heterocycles. The normalized spacial score (nSPS) is 20.0. The van der Waals surface area contributed by atoms with E-state index in [2.05, 4.69) is 25.7 Å². The lowest BCUT2D eigenvalue weighted by molar-refractivity contribution is -0.138. The van der Waals surface area contributed by atoms with Gasteiger partial charge in [-0.2, -0.15) is 13.2 Å². The van der Waals surface area contributed by atoms with Gasteiger partial charge in [-0.15, -0.1) is 0 Å². The second kappa shape index (κ2) is 14.4. The topological polar surface area (TPSA) is 105 Å². The van der Waals surface area contributed by atoms with Crippen LogP contribution in [-0.4, -0.2) is 75.5 Å². The molecule has 2 aliphatic heterocycles. The van der Waals surface area contributed by atoms with Crippen molar-refractivity contribution >= 4 is 22.7 Å². The minimum atomic E-state index is -4.56. The minimum Gasteiger partial charge on any atom is -0.497 e.